The highest BCUT2D eigenvalue weighted by Crippen LogP contribution is 2.25. The molecule has 0 radical (unpaired) electrons. The second-order valence-electron chi connectivity index (χ2n) is 9.51. The number of hydrogen-bond donors (Lipinski definition) is 0. The smallest absolute Gasteiger partial charge is 0.410 e. The van der Waals surface area contributed by atoms with E-state index in [0.29, 0.717) is 12.1 Å². The van der Waals surface area contributed by atoms with Crippen LogP contribution < -0.4 is 0 Å². The molecule has 3 atom stereocenters. The molecule has 0 spiro atoms. The van der Waals surface area contributed by atoms with Crippen molar-refractivity contribution in [2.45, 2.75) is 71.2 Å². The molecule has 156 valence electrons. The second kappa shape index (κ2) is 8.83. The number of rotatable bonds is 4. The first kappa shape index (κ1) is 21.1. The third kappa shape index (κ3) is 5.48. The van der Waals surface area contributed by atoms with E-state index in [1.54, 1.807) is 0 Å². The summed E-state index contributed by atoms with van der Waals surface area (Å²) in [6.07, 6.45) is 2.16. The van der Waals surface area contributed by atoms with Crippen LogP contribution in [0.2, 0.25) is 0 Å². The fraction of sp³-hybridized carbons (Fsp3) is 0.696. The highest BCUT2D eigenvalue weighted by Gasteiger charge is 2.39. The summed E-state index contributed by atoms with van der Waals surface area (Å²) in [5.74, 6) is 0. The largest absolute Gasteiger partial charge is 0.444 e. The Labute approximate surface area is 170 Å². The monoisotopic (exact) mass is 387 g/mol. The first-order chi connectivity index (χ1) is 13.2. The second-order valence-corrected chi connectivity index (χ2v) is 9.51. The number of piperazine rings is 1. The number of amides is 1. The van der Waals surface area contributed by atoms with Gasteiger partial charge in [0, 0.05) is 44.3 Å². The van der Waals surface area contributed by atoms with Crippen molar-refractivity contribution in [3.63, 3.8) is 0 Å². The summed E-state index contributed by atoms with van der Waals surface area (Å²) in [4.78, 5) is 19.7. The van der Waals surface area contributed by atoms with E-state index in [1.165, 1.54) is 18.5 Å². The van der Waals surface area contributed by atoms with Gasteiger partial charge in [0.15, 0.2) is 0 Å². The Balaban J connectivity index is 1.50. The van der Waals surface area contributed by atoms with Crippen LogP contribution in [0.5, 0.6) is 0 Å². The summed E-state index contributed by atoms with van der Waals surface area (Å²) in [7, 11) is 0. The number of likely N-dealkylation sites (tertiary alicyclic amines) is 1. The van der Waals surface area contributed by atoms with E-state index < -0.39 is 5.60 Å². The van der Waals surface area contributed by atoms with E-state index in [0.717, 1.165) is 32.6 Å². The molecule has 2 saturated heterocycles. The van der Waals surface area contributed by atoms with Crippen LogP contribution in [-0.4, -0.2) is 77.2 Å². The van der Waals surface area contributed by atoms with Crippen molar-refractivity contribution in [2.75, 3.05) is 32.7 Å². The van der Waals surface area contributed by atoms with Crippen LogP contribution >= 0.6 is 0 Å². The average Bonchev–Trinajstić information content (AvgIpc) is 3.09. The Morgan fingerprint density at radius 3 is 2.46 bits per heavy atom. The molecule has 0 unspecified atom stereocenters. The number of nitrogens with zero attached hydrogens (tertiary/aromatic N) is 3. The van der Waals surface area contributed by atoms with Crippen molar-refractivity contribution in [3.05, 3.63) is 35.9 Å². The topological polar surface area (TPSA) is 36.0 Å². The number of benzene rings is 1. The Morgan fingerprint density at radius 2 is 1.79 bits per heavy atom. The summed E-state index contributed by atoms with van der Waals surface area (Å²) in [5, 5.41) is 0. The molecule has 2 fully saturated rings. The van der Waals surface area contributed by atoms with E-state index in [9.17, 15) is 4.79 Å². The maximum absolute atomic E-state index is 12.5. The van der Waals surface area contributed by atoms with Gasteiger partial charge in [0.25, 0.3) is 0 Å². The minimum atomic E-state index is -0.443. The molecule has 3 rings (SSSR count). The molecular weight excluding hydrogens is 350 g/mol. The Hall–Kier alpha value is -1.59. The van der Waals surface area contributed by atoms with Crippen LogP contribution in [0.25, 0.3) is 0 Å². The minimum absolute atomic E-state index is 0.178. The van der Waals surface area contributed by atoms with Crippen LogP contribution in [0.3, 0.4) is 0 Å². The molecule has 0 aromatic heterocycles. The van der Waals surface area contributed by atoms with Gasteiger partial charge in [-0.15, -0.1) is 0 Å². The van der Waals surface area contributed by atoms with Gasteiger partial charge in [0.2, 0.25) is 0 Å². The summed E-state index contributed by atoms with van der Waals surface area (Å²) >= 11 is 0. The molecule has 1 aromatic carbocycles. The van der Waals surface area contributed by atoms with E-state index in [2.05, 4.69) is 54.0 Å². The molecule has 28 heavy (non-hydrogen) atoms. The zero-order chi connectivity index (χ0) is 20.3. The van der Waals surface area contributed by atoms with E-state index in [4.69, 9.17) is 4.74 Å². The Morgan fingerprint density at radius 1 is 1.07 bits per heavy atom. The third-order valence-corrected chi connectivity index (χ3v) is 5.94. The lowest BCUT2D eigenvalue weighted by molar-refractivity contribution is -0.0188. The van der Waals surface area contributed by atoms with Crippen LogP contribution in [0.4, 0.5) is 4.79 Å². The molecule has 1 aromatic rings. The zero-order valence-corrected chi connectivity index (χ0v) is 18.2. The first-order valence-electron chi connectivity index (χ1n) is 10.7. The summed E-state index contributed by atoms with van der Waals surface area (Å²) in [6.45, 7) is 15.3. The highest BCUT2D eigenvalue weighted by atomic mass is 16.6. The summed E-state index contributed by atoms with van der Waals surface area (Å²) in [6, 6.07) is 11.9. The number of hydrogen-bond acceptors (Lipinski definition) is 4. The number of carbonyl (C=O) groups excluding carboxylic acids is 1. The lowest BCUT2D eigenvalue weighted by Crippen LogP contribution is -2.61. The summed E-state index contributed by atoms with van der Waals surface area (Å²) < 4.78 is 5.61. The SMILES string of the molecule is C[C@@H]1CN([C@H]2CCN(CCc3ccccc3)C2)[C@@H](C)CN1C(=O)OC(C)(C)C. The van der Waals surface area contributed by atoms with Crippen molar-refractivity contribution >= 4 is 6.09 Å². The zero-order valence-electron chi connectivity index (χ0n) is 18.2. The fourth-order valence-electron chi connectivity index (χ4n) is 4.45. The third-order valence-electron chi connectivity index (χ3n) is 5.94. The lowest BCUT2D eigenvalue weighted by atomic mass is 10.0. The van der Waals surface area contributed by atoms with Crippen molar-refractivity contribution in [1.29, 1.82) is 0 Å². The van der Waals surface area contributed by atoms with Gasteiger partial charge in [0.1, 0.15) is 5.60 Å². The Bertz CT molecular complexity index is 643. The molecule has 2 aliphatic rings. The van der Waals surface area contributed by atoms with Gasteiger partial charge in [-0.25, -0.2) is 4.79 Å². The maximum Gasteiger partial charge on any atom is 0.410 e. The van der Waals surface area contributed by atoms with Gasteiger partial charge in [-0.3, -0.25) is 4.90 Å². The first-order valence-corrected chi connectivity index (χ1v) is 10.7. The van der Waals surface area contributed by atoms with Crippen LogP contribution in [0.1, 0.15) is 46.6 Å². The van der Waals surface area contributed by atoms with Crippen LogP contribution in [0, 0.1) is 0 Å². The molecule has 2 heterocycles. The van der Waals surface area contributed by atoms with Crippen molar-refractivity contribution < 1.29 is 9.53 Å². The molecule has 5 heteroatoms. The van der Waals surface area contributed by atoms with Gasteiger partial charge < -0.3 is 14.5 Å². The average molecular weight is 388 g/mol. The van der Waals surface area contributed by atoms with Gasteiger partial charge in [-0.05, 0) is 59.6 Å². The van der Waals surface area contributed by atoms with E-state index >= 15 is 0 Å². The van der Waals surface area contributed by atoms with E-state index in [-0.39, 0.29) is 12.1 Å². The summed E-state index contributed by atoms with van der Waals surface area (Å²) in [5.41, 5.74) is 0.973. The van der Waals surface area contributed by atoms with Gasteiger partial charge in [0.05, 0.1) is 0 Å². The van der Waals surface area contributed by atoms with E-state index in [1.807, 2.05) is 25.7 Å². The van der Waals surface area contributed by atoms with Crippen LogP contribution in [0.15, 0.2) is 30.3 Å². The molecular formula is C23H37N3O2. The molecule has 0 bridgehead atoms. The molecule has 0 N–H and O–H groups in total. The lowest BCUT2D eigenvalue weighted by Gasteiger charge is -2.46. The highest BCUT2D eigenvalue weighted by molar-refractivity contribution is 5.68. The number of carbonyl (C=O) groups is 1. The van der Waals surface area contributed by atoms with Gasteiger partial charge in [-0.1, -0.05) is 30.3 Å². The van der Waals surface area contributed by atoms with Crippen molar-refractivity contribution in [1.82, 2.24) is 14.7 Å². The molecule has 1 amide bonds. The van der Waals surface area contributed by atoms with Crippen molar-refractivity contribution in [3.8, 4) is 0 Å². The fourth-order valence-corrected chi connectivity index (χ4v) is 4.45. The quantitative estimate of drug-likeness (QED) is 0.790. The minimum Gasteiger partial charge on any atom is -0.444 e. The normalized spacial score (nSPS) is 27.2. The molecule has 5 nitrogen and oxygen atoms in total. The predicted octanol–water partition coefficient (Wildman–Crippen LogP) is 3.63. The standard InChI is InChI=1S/C23H37N3O2/c1-18-16-26(22(27)28-23(3,4)5)19(2)15-25(18)21-12-14-24(17-21)13-11-20-9-7-6-8-10-20/h6-10,18-19,21H,11-17H2,1-5H3/t18-,19+,21-/m0/s1. The maximum atomic E-state index is 12.5. The molecule has 0 saturated carbocycles. The Kier molecular flexibility index (Phi) is 6.66. The van der Waals surface area contributed by atoms with Gasteiger partial charge >= 0.3 is 6.09 Å². The molecule has 2 aliphatic heterocycles. The van der Waals surface area contributed by atoms with Gasteiger partial charge in [-0.2, -0.15) is 0 Å². The van der Waals surface area contributed by atoms with Crippen LogP contribution in [-0.2, 0) is 11.2 Å². The predicted molar refractivity (Wildman–Crippen MR) is 114 cm³/mol. The van der Waals surface area contributed by atoms with Crippen molar-refractivity contribution in [2.24, 2.45) is 0 Å². The number of ether oxygens (including phenoxy) is 1. The molecule has 0 aliphatic carbocycles.